The number of aryl methyl sites for hydroxylation is 2. The van der Waals surface area contributed by atoms with Gasteiger partial charge in [0.1, 0.15) is 4.47 Å². The minimum Gasteiger partial charge on any atom is -0.380 e. The molecule has 24 heavy (non-hydrogen) atoms. The highest BCUT2D eigenvalue weighted by Crippen LogP contribution is 2.22. The Labute approximate surface area is 150 Å². The quantitative estimate of drug-likeness (QED) is 0.871. The van der Waals surface area contributed by atoms with Crippen molar-refractivity contribution >= 4 is 21.6 Å². The van der Waals surface area contributed by atoms with Gasteiger partial charge in [0, 0.05) is 32.7 Å². The fraction of sp³-hybridized carbons (Fsp3) is 0.444. The van der Waals surface area contributed by atoms with Crippen molar-refractivity contribution in [2.45, 2.75) is 32.4 Å². The van der Waals surface area contributed by atoms with Crippen LogP contribution in [0.3, 0.4) is 0 Å². The summed E-state index contributed by atoms with van der Waals surface area (Å²) < 4.78 is 1.89. The molecule has 1 aliphatic heterocycles. The average Bonchev–Trinajstić information content (AvgIpc) is 2.59. The fourth-order valence-electron chi connectivity index (χ4n) is 3.10. The summed E-state index contributed by atoms with van der Waals surface area (Å²) in [6.45, 7) is 5.30. The highest BCUT2D eigenvalue weighted by atomic mass is 79.9. The molecule has 6 heteroatoms. The Kier molecular flexibility index (Phi) is 5.36. The van der Waals surface area contributed by atoms with Crippen LogP contribution in [0.2, 0.25) is 0 Å². The molecule has 3 rings (SSSR count). The maximum absolute atomic E-state index is 11.9. The second-order valence-corrected chi connectivity index (χ2v) is 7.22. The van der Waals surface area contributed by atoms with Gasteiger partial charge in [0.05, 0.1) is 11.9 Å². The zero-order valence-corrected chi connectivity index (χ0v) is 15.7. The van der Waals surface area contributed by atoms with Crippen molar-refractivity contribution in [3.05, 3.63) is 56.4 Å². The summed E-state index contributed by atoms with van der Waals surface area (Å²) in [6, 6.07) is 8.96. The van der Waals surface area contributed by atoms with Crippen LogP contribution >= 0.6 is 15.9 Å². The van der Waals surface area contributed by atoms with Gasteiger partial charge in [0.15, 0.2) is 0 Å². The number of piperidine rings is 1. The number of nitrogens with zero attached hydrogens (tertiary/aromatic N) is 3. The number of anilines is 1. The van der Waals surface area contributed by atoms with E-state index in [1.807, 2.05) is 0 Å². The molecule has 1 N–H and O–H groups in total. The Morgan fingerprint density at radius 2 is 2.00 bits per heavy atom. The van der Waals surface area contributed by atoms with Crippen molar-refractivity contribution < 1.29 is 0 Å². The summed E-state index contributed by atoms with van der Waals surface area (Å²) in [5, 5.41) is 7.55. The highest BCUT2D eigenvalue weighted by molar-refractivity contribution is 9.10. The molecule has 2 aromatic rings. The molecule has 0 amide bonds. The first-order valence-electron chi connectivity index (χ1n) is 8.30. The largest absolute Gasteiger partial charge is 0.380 e. The summed E-state index contributed by atoms with van der Waals surface area (Å²) in [5.41, 5.74) is 3.43. The molecule has 1 aliphatic rings. The van der Waals surface area contributed by atoms with E-state index < -0.39 is 0 Å². The molecule has 0 atom stereocenters. The van der Waals surface area contributed by atoms with E-state index in [1.165, 1.54) is 15.8 Å². The predicted molar refractivity (Wildman–Crippen MR) is 100 cm³/mol. The van der Waals surface area contributed by atoms with Crippen LogP contribution in [0.15, 0.2) is 39.7 Å². The molecule has 1 aromatic carbocycles. The number of rotatable bonds is 4. The molecule has 0 aliphatic carbocycles. The molecule has 0 saturated carbocycles. The standard InChI is InChI=1S/C18H23BrN4O/c1-13-5-3-4-6-14(13)12-23-9-7-15(8-10-23)21-16-11-20-22(2)18(24)17(16)19/h3-6,11,15,21H,7-10,12H2,1-2H3. The van der Waals surface area contributed by atoms with E-state index in [2.05, 4.69) is 62.4 Å². The number of nitrogens with one attached hydrogen (secondary N) is 1. The Morgan fingerprint density at radius 1 is 1.29 bits per heavy atom. The van der Waals surface area contributed by atoms with E-state index in [9.17, 15) is 4.79 Å². The van der Waals surface area contributed by atoms with E-state index in [-0.39, 0.29) is 5.56 Å². The minimum atomic E-state index is -0.114. The highest BCUT2D eigenvalue weighted by Gasteiger charge is 2.20. The van der Waals surface area contributed by atoms with Gasteiger partial charge >= 0.3 is 0 Å². The van der Waals surface area contributed by atoms with Gasteiger partial charge in [0.2, 0.25) is 0 Å². The monoisotopic (exact) mass is 390 g/mol. The molecule has 2 heterocycles. The predicted octanol–water partition coefficient (Wildman–Crippen LogP) is 2.93. The maximum Gasteiger partial charge on any atom is 0.282 e. The third-order valence-electron chi connectivity index (χ3n) is 4.68. The van der Waals surface area contributed by atoms with Crippen LogP contribution < -0.4 is 10.9 Å². The summed E-state index contributed by atoms with van der Waals surface area (Å²) in [4.78, 5) is 14.4. The van der Waals surface area contributed by atoms with Gasteiger partial charge in [-0.25, -0.2) is 4.68 Å². The van der Waals surface area contributed by atoms with Gasteiger partial charge < -0.3 is 5.32 Å². The lowest BCUT2D eigenvalue weighted by Gasteiger charge is -2.33. The number of likely N-dealkylation sites (tertiary alicyclic amines) is 1. The van der Waals surface area contributed by atoms with Gasteiger partial charge in [-0.15, -0.1) is 0 Å². The third kappa shape index (κ3) is 3.87. The number of benzene rings is 1. The molecule has 0 spiro atoms. The lowest BCUT2D eigenvalue weighted by molar-refractivity contribution is 0.211. The van der Waals surface area contributed by atoms with Crippen molar-refractivity contribution in [1.82, 2.24) is 14.7 Å². The van der Waals surface area contributed by atoms with Crippen molar-refractivity contribution in [2.75, 3.05) is 18.4 Å². The molecule has 1 aromatic heterocycles. The number of hydrogen-bond acceptors (Lipinski definition) is 4. The van der Waals surface area contributed by atoms with Gasteiger partial charge in [-0.1, -0.05) is 24.3 Å². The van der Waals surface area contributed by atoms with Crippen LogP contribution in [0.5, 0.6) is 0 Å². The molecular weight excluding hydrogens is 368 g/mol. The van der Waals surface area contributed by atoms with Crippen molar-refractivity contribution in [3.63, 3.8) is 0 Å². The Morgan fingerprint density at radius 3 is 2.71 bits per heavy atom. The van der Waals surface area contributed by atoms with Crippen LogP contribution in [-0.2, 0) is 13.6 Å². The van der Waals surface area contributed by atoms with Gasteiger partial charge in [-0.3, -0.25) is 9.69 Å². The van der Waals surface area contributed by atoms with Gasteiger partial charge in [-0.2, -0.15) is 5.10 Å². The summed E-state index contributed by atoms with van der Waals surface area (Å²) in [7, 11) is 1.65. The second-order valence-electron chi connectivity index (χ2n) is 6.42. The summed E-state index contributed by atoms with van der Waals surface area (Å²) in [6.07, 6.45) is 3.84. The smallest absolute Gasteiger partial charge is 0.282 e. The number of halogens is 1. The molecule has 0 radical (unpaired) electrons. The zero-order chi connectivity index (χ0) is 17.1. The molecule has 1 fully saturated rings. The Balaban J connectivity index is 1.57. The normalized spacial score (nSPS) is 16.3. The molecule has 5 nitrogen and oxygen atoms in total. The lowest BCUT2D eigenvalue weighted by Crippen LogP contribution is -2.39. The third-order valence-corrected chi connectivity index (χ3v) is 5.45. The first kappa shape index (κ1) is 17.2. The molecule has 0 unspecified atom stereocenters. The zero-order valence-electron chi connectivity index (χ0n) is 14.1. The van der Waals surface area contributed by atoms with E-state index in [0.717, 1.165) is 38.2 Å². The molecular formula is C18H23BrN4O. The van der Waals surface area contributed by atoms with Crippen LogP contribution in [0.4, 0.5) is 5.69 Å². The average molecular weight is 391 g/mol. The summed E-state index contributed by atoms with van der Waals surface area (Å²) >= 11 is 3.38. The van der Waals surface area contributed by atoms with Crippen LogP contribution in [-0.4, -0.2) is 33.8 Å². The molecule has 128 valence electrons. The van der Waals surface area contributed by atoms with E-state index in [4.69, 9.17) is 0 Å². The Bertz CT molecular complexity index is 766. The van der Waals surface area contributed by atoms with Crippen molar-refractivity contribution in [3.8, 4) is 0 Å². The lowest BCUT2D eigenvalue weighted by atomic mass is 10.0. The van der Waals surface area contributed by atoms with E-state index in [1.54, 1.807) is 13.2 Å². The summed E-state index contributed by atoms with van der Waals surface area (Å²) in [5.74, 6) is 0. The second kappa shape index (κ2) is 7.49. The SMILES string of the molecule is Cc1ccccc1CN1CCC(Nc2cnn(C)c(=O)c2Br)CC1. The van der Waals surface area contributed by atoms with Crippen molar-refractivity contribution in [2.24, 2.45) is 7.05 Å². The number of hydrogen-bond donors (Lipinski definition) is 1. The minimum absolute atomic E-state index is 0.114. The fourth-order valence-corrected chi connectivity index (χ4v) is 3.57. The first-order chi connectivity index (χ1) is 11.5. The Hall–Kier alpha value is -1.66. The molecule has 0 bridgehead atoms. The topological polar surface area (TPSA) is 50.2 Å². The van der Waals surface area contributed by atoms with E-state index >= 15 is 0 Å². The van der Waals surface area contributed by atoms with Gasteiger partial charge in [-0.05, 0) is 46.8 Å². The number of aromatic nitrogens is 2. The maximum atomic E-state index is 11.9. The van der Waals surface area contributed by atoms with Crippen molar-refractivity contribution in [1.29, 1.82) is 0 Å². The van der Waals surface area contributed by atoms with Crippen LogP contribution in [0.25, 0.3) is 0 Å². The first-order valence-corrected chi connectivity index (χ1v) is 9.09. The van der Waals surface area contributed by atoms with E-state index in [0.29, 0.717) is 10.5 Å². The van der Waals surface area contributed by atoms with Crippen LogP contribution in [0.1, 0.15) is 24.0 Å². The van der Waals surface area contributed by atoms with Crippen LogP contribution in [0, 0.1) is 6.92 Å². The van der Waals surface area contributed by atoms with Gasteiger partial charge in [0.25, 0.3) is 5.56 Å². The molecule has 1 saturated heterocycles.